The lowest BCUT2D eigenvalue weighted by molar-refractivity contribution is -0.128. The van der Waals surface area contributed by atoms with Crippen LogP contribution in [0.15, 0.2) is 72.8 Å². The highest BCUT2D eigenvalue weighted by molar-refractivity contribution is 5.97. The maximum absolute atomic E-state index is 13.3. The standard InChI is InChI=1S/C25H26N2O2/c1-24(2,21-13-12-18-8-6-7-9-19(18)14-21)16-27-23(29)25(15-22(28)26-17-25)20-10-4-3-5-11-20/h3-14H,15-17H2,1-2H3,(H,26,28)(H,27,29). The van der Waals surface area contributed by atoms with Gasteiger partial charge in [-0.3, -0.25) is 9.59 Å². The molecule has 2 amide bonds. The number of amides is 2. The Hall–Kier alpha value is -3.14. The molecule has 3 aromatic carbocycles. The highest BCUT2D eigenvalue weighted by atomic mass is 16.2. The lowest BCUT2D eigenvalue weighted by Gasteiger charge is -2.31. The molecular formula is C25H26N2O2. The average molecular weight is 386 g/mol. The van der Waals surface area contributed by atoms with Gasteiger partial charge in [-0.05, 0) is 21.9 Å². The lowest BCUT2D eigenvalue weighted by Crippen LogP contribution is -2.49. The summed E-state index contributed by atoms with van der Waals surface area (Å²) < 4.78 is 0. The third kappa shape index (κ3) is 3.63. The molecule has 0 radical (unpaired) electrons. The number of hydrogen-bond acceptors (Lipinski definition) is 2. The molecule has 4 nitrogen and oxygen atoms in total. The Kier molecular flexibility index (Phi) is 4.87. The first-order chi connectivity index (χ1) is 13.9. The lowest BCUT2D eigenvalue weighted by atomic mass is 9.78. The molecule has 3 aromatic rings. The van der Waals surface area contributed by atoms with Crippen molar-refractivity contribution in [3.05, 3.63) is 83.9 Å². The molecule has 4 rings (SSSR count). The quantitative estimate of drug-likeness (QED) is 0.703. The molecule has 0 bridgehead atoms. The Balaban J connectivity index is 1.56. The summed E-state index contributed by atoms with van der Waals surface area (Å²) >= 11 is 0. The van der Waals surface area contributed by atoms with Crippen LogP contribution >= 0.6 is 0 Å². The van der Waals surface area contributed by atoms with E-state index in [9.17, 15) is 9.59 Å². The zero-order chi connectivity index (χ0) is 20.5. The van der Waals surface area contributed by atoms with Gasteiger partial charge in [-0.2, -0.15) is 0 Å². The van der Waals surface area contributed by atoms with Crippen molar-refractivity contribution in [2.75, 3.05) is 13.1 Å². The first-order valence-electron chi connectivity index (χ1n) is 10.0. The number of fused-ring (bicyclic) bond motifs is 1. The first-order valence-corrected chi connectivity index (χ1v) is 10.0. The van der Waals surface area contributed by atoms with Gasteiger partial charge in [-0.15, -0.1) is 0 Å². The molecule has 1 heterocycles. The maximum Gasteiger partial charge on any atom is 0.233 e. The normalized spacial score (nSPS) is 19.2. The number of benzene rings is 3. The number of nitrogens with one attached hydrogen (secondary N) is 2. The molecule has 1 fully saturated rings. The van der Waals surface area contributed by atoms with Crippen molar-refractivity contribution < 1.29 is 9.59 Å². The topological polar surface area (TPSA) is 58.2 Å². The molecule has 0 saturated carbocycles. The number of carbonyl (C=O) groups excluding carboxylic acids is 2. The fourth-order valence-electron chi connectivity index (χ4n) is 4.08. The van der Waals surface area contributed by atoms with Crippen molar-refractivity contribution in [2.24, 2.45) is 0 Å². The second kappa shape index (κ2) is 7.36. The summed E-state index contributed by atoms with van der Waals surface area (Å²) in [6.45, 7) is 5.08. The number of carbonyl (C=O) groups is 2. The molecule has 0 spiro atoms. The summed E-state index contributed by atoms with van der Waals surface area (Å²) in [5, 5.41) is 8.37. The van der Waals surface area contributed by atoms with Crippen LogP contribution in [0.25, 0.3) is 10.8 Å². The molecular weight excluding hydrogens is 360 g/mol. The molecule has 1 aliphatic heterocycles. The van der Waals surface area contributed by atoms with Crippen molar-refractivity contribution in [3.8, 4) is 0 Å². The van der Waals surface area contributed by atoms with Gasteiger partial charge in [0.2, 0.25) is 11.8 Å². The molecule has 1 saturated heterocycles. The van der Waals surface area contributed by atoms with Gasteiger partial charge < -0.3 is 10.6 Å². The van der Waals surface area contributed by atoms with Gasteiger partial charge in [0.25, 0.3) is 0 Å². The van der Waals surface area contributed by atoms with E-state index in [0.29, 0.717) is 13.1 Å². The van der Waals surface area contributed by atoms with E-state index in [4.69, 9.17) is 0 Å². The van der Waals surface area contributed by atoms with E-state index in [2.05, 4.69) is 54.8 Å². The Labute approximate surface area is 171 Å². The minimum Gasteiger partial charge on any atom is -0.355 e. The largest absolute Gasteiger partial charge is 0.355 e. The monoisotopic (exact) mass is 386 g/mol. The number of hydrogen-bond donors (Lipinski definition) is 2. The van der Waals surface area contributed by atoms with Gasteiger partial charge in [0.05, 0.1) is 5.41 Å². The summed E-state index contributed by atoms with van der Waals surface area (Å²) in [5.74, 6) is -0.186. The molecule has 1 atom stereocenters. The first kappa shape index (κ1) is 19.2. The van der Waals surface area contributed by atoms with Crippen LogP contribution in [0.4, 0.5) is 0 Å². The zero-order valence-corrected chi connectivity index (χ0v) is 16.9. The van der Waals surface area contributed by atoms with Crippen LogP contribution in [-0.4, -0.2) is 24.9 Å². The van der Waals surface area contributed by atoms with Gasteiger partial charge in [0.1, 0.15) is 0 Å². The highest BCUT2D eigenvalue weighted by Crippen LogP contribution is 2.32. The second-order valence-electron chi connectivity index (χ2n) is 8.53. The molecule has 148 valence electrons. The van der Waals surface area contributed by atoms with E-state index in [-0.39, 0.29) is 23.7 Å². The van der Waals surface area contributed by atoms with E-state index < -0.39 is 5.41 Å². The summed E-state index contributed by atoms with van der Waals surface area (Å²) in [4.78, 5) is 25.3. The predicted octanol–water partition coefficient (Wildman–Crippen LogP) is 3.69. The smallest absolute Gasteiger partial charge is 0.233 e. The van der Waals surface area contributed by atoms with Crippen LogP contribution in [-0.2, 0) is 20.4 Å². The molecule has 2 N–H and O–H groups in total. The molecule has 29 heavy (non-hydrogen) atoms. The van der Waals surface area contributed by atoms with E-state index in [1.807, 2.05) is 42.5 Å². The van der Waals surface area contributed by atoms with Crippen LogP contribution in [0, 0.1) is 0 Å². The Morgan fingerprint density at radius 3 is 2.38 bits per heavy atom. The summed E-state index contributed by atoms with van der Waals surface area (Å²) in [5.41, 5.74) is 0.955. The second-order valence-corrected chi connectivity index (χ2v) is 8.53. The van der Waals surface area contributed by atoms with E-state index in [0.717, 1.165) is 5.56 Å². The van der Waals surface area contributed by atoms with Crippen LogP contribution in [0.1, 0.15) is 31.4 Å². The molecule has 0 aromatic heterocycles. The zero-order valence-electron chi connectivity index (χ0n) is 16.9. The minimum absolute atomic E-state index is 0.0854. The average Bonchev–Trinajstić information content (AvgIpc) is 3.15. The van der Waals surface area contributed by atoms with Crippen LogP contribution < -0.4 is 10.6 Å². The number of rotatable bonds is 5. The van der Waals surface area contributed by atoms with Gasteiger partial charge >= 0.3 is 0 Å². The van der Waals surface area contributed by atoms with Crippen LogP contribution in [0.5, 0.6) is 0 Å². The highest BCUT2D eigenvalue weighted by Gasteiger charge is 2.46. The van der Waals surface area contributed by atoms with Gasteiger partial charge in [0.15, 0.2) is 0 Å². The predicted molar refractivity (Wildman–Crippen MR) is 116 cm³/mol. The Morgan fingerprint density at radius 1 is 1.00 bits per heavy atom. The molecule has 1 unspecified atom stereocenters. The summed E-state index contributed by atoms with van der Waals surface area (Å²) in [7, 11) is 0. The van der Waals surface area contributed by atoms with E-state index >= 15 is 0 Å². The van der Waals surface area contributed by atoms with Crippen molar-refractivity contribution in [1.29, 1.82) is 0 Å². The molecule has 4 heteroatoms. The molecule has 1 aliphatic rings. The van der Waals surface area contributed by atoms with Crippen LogP contribution in [0.3, 0.4) is 0 Å². The third-order valence-corrected chi connectivity index (χ3v) is 6.03. The minimum atomic E-state index is -0.849. The Bertz CT molecular complexity index is 1060. The SMILES string of the molecule is CC(C)(CNC(=O)C1(c2ccccc2)CNC(=O)C1)c1ccc2ccccc2c1. The molecule has 0 aliphatic carbocycles. The van der Waals surface area contributed by atoms with Crippen molar-refractivity contribution >= 4 is 22.6 Å². The van der Waals surface area contributed by atoms with Crippen molar-refractivity contribution in [3.63, 3.8) is 0 Å². The van der Waals surface area contributed by atoms with Gasteiger partial charge in [0, 0.05) is 24.9 Å². The van der Waals surface area contributed by atoms with Crippen molar-refractivity contribution in [2.45, 2.75) is 31.1 Å². The van der Waals surface area contributed by atoms with E-state index in [1.54, 1.807) is 0 Å². The van der Waals surface area contributed by atoms with Crippen molar-refractivity contribution in [1.82, 2.24) is 10.6 Å². The summed E-state index contributed by atoms with van der Waals surface area (Å²) in [6.07, 6.45) is 0.180. The fourth-order valence-corrected chi connectivity index (χ4v) is 4.08. The van der Waals surface area contributed by atoms with E-state index in [1.165, 1.54) is 16.3 Å². The maximum atomic E-state index is 13.3. The van der Waals surface area contributed by atoms with Gasteiger partial charge in [-0.25, -0.2) is 0 Å². The summed E-state index contributed by atoms with van der Waals surface area (Å²) in [6, 6.07) is 24.3. The van der Waals surface area contributed by atoms with Crippen LogP contribution in [0.2, 0.25) is 0 Å². The fraction of sp³-hybridized carbons (Fsp3) is 0.280. The Morgan fingerprint density at radius 2 is 1.69 bits per heavy atom. The van der Waals surface area contributed by atoms with Gasteiger partial charge in [-0.1, -0.05) is 86.6 Å². The third-order valence-electron chi connectivity index (χ3n) is 6.03.